The lowest BCUT2D eigenvalue weighted by Gasteiger charge is -2.44. The van der Waals surface area contributed by atoms with E-state index in [1.807, 2.05) is 0 Å². The van der Waals surface area contributed by atoms with Gasteiger partial charge in [-0.05, 0) is 36.1 Å². The van der Waals surface area contributed by atoms with E-state index in [0.29, 0.717) is 18.5 Å². The van der Waals surface area contributed by atoms with Crippen molar-refractivity contribution in [3.05, 3.63) is 71.5 Å². The normalized spacial score (nSPS) is 24.2. The molecule has 0 bridgehead atoms. The molecule has 0 radical (unpaired) electrons. The van der Waals surface area contributed by atoms with E-state index in [1.54, 1.807) is 47.4 Å². The molecule has 2 aromatic rings. The van der Waals surface area contributed by atoms with Crippen LogP contribution < -0.4 is 10.6 Å². The molecule has 2 saturated heterocycles. The number of hydrogen-bond acceptors (Lipinski definition) is 4. The highest BCUT2D eigenvalue weighted by atomic mass is 19.1. The van der Waals surface area contributed by atoms with Gasteiger partial charge in [-0.15, -0.1) is 0 Å². The topological polar surface area (TPSA) is 98.7 Å². The summed E-state index contributed by atoms with van der Waals surface area (Å²) in [5.41, 5.74) is 1.25. The lowest BCUT2D eigenvalue weighted by molar-refractivity contribution is -0.152. The van der Waals surface area contributed by atoms with Crippen molar-refractivity contribution in [3.8, 4) is 0 Å². The van der Waals surface area contributed by atoms with Crippen molar-refractivity contribution >= 4 is 17.7 Å². The molecule has 3 N–H and O–H groups in total. The second-order valence-corrected chi connectivity index (χ2v) is 7.98. The average Bonchev–Trinajstić information content (AvgIpc) is 2.79. The van der Waals surface area contributed by atoms with Crippen LogP contribution in [0.2, 0.25) is 0 Å². The number of halogens is 1. The Bertz CT molecular complexity index is 967. The van der Waals surface area contributed by atoms with E-state index in [9.17, 15) is 23.9 Å². The molecule has 0 unspecified atom stereocenters. The number of carbonyl (C=O) groups excluding carboxylic acids is 3. The zero-order valence-corrected chi connectivity index (χ0v) is 16.8. The van der Waals surface area contributed by atoms with E-state index in [-0.39, 0.29) is 36.5 Å². The van der Waals surface area contributed by atoms with E-state index in [2.05, 4.69) is 10.6 Å². The first-order valence-electron chi connectivity index (χ1n) is 10.3. The van der Waals surface area contributed by atoms with Crippen LogP contribution >= 0.6 is 0 Å². The van der Waals surface area contributed by atoms with Crippen LogP contribution in [0.1, 0.15) is 30.1 Å². The minimum absolute atomic E-state index is 0.178. The molecule has 7 nitrogen and oxygen atoms in total. The molecule has 2 aliphatic rings. The van der Waals surface area contributed by atoms with Crippen molar-refractivity contribution in [1.29, 1.82) is 0 Å². The Morgan fingerprint density at radius 2 is 1.87 bits per heavy atom. The van der Waals surface area contributed by atoms with Crippen molar-refractivity contribution in [2.75, 3.05) is 6.54 Å². The van der Waals surface area contributed by atoms with Crippen molar-refractivity contribution in [2.24, 2.45) is 0 Å². The Morgan fingerprint density at radius 3 is 2.58 bits per heavy atom. The third kappa shape index (κ3) is 4.59. The van der Waals surface area contributed by atoms with Crippen molar-refractivity contribution in [3.63, 3.8) is 0 Å². The number of aliphatic hydroxyl groups excluding tert-OH is 1. The second kappa shape index (κ2) is 8.85. The fourth-order valence-corrected chi connectivity index (χ4v) is 4.20. The number of rotatable bonds is 5. The largest absolute Gasteiger partial charge is 0.378 e. The number of amides is 3. The van der Waals surface area contributed by atoms with Crippen LogP contribution in [0.5, 0.6) is 0 Å². The molecule has 2 fully saturated rings. The Labute approximate surface area is 179 Å². The highest BCUT2D eigenvalue weighted by Crippen LogP contribution is 2.24. The van der Waals surface area contributed by atoms with Gasteiger partial charge >= 0.3 is 0 Å². The molecule has 0 aliphatic carbocycles. The van der Waals surface area contributed by atoms with Gasteiger partial charge in [-0.1, -0.05) is 42.5 Å². The molecule has 4 atom stereocenters. The summed E-state index contributed by atoms with van der Waals surface area (Å²) in [5, 5.41) is 15.8. The summed E-state index contributed by atoms with van der Waals surface area (Å²) in [5.74, 6) is -1.33. The van der Waals surface area contributed by atoms with E-state index in [4.69, 9.17) is 0 Å². The minimum atomic E-state index is -1.29. The van der Waals surface area contributed by atoms with Crippen LogP contribution in [-0.4, -0.2) is 52.4 Å². The van der Waals surface area contributed by atoms with E-state index in [0.717, 1.165) is 5.56 Å². The van der Waals surface area contributed by atoms with Crippen molar-refractivity contribution < 1.29 is 23.9 Å². The maximum absolute atomic E-state index is 13.1. The summed E-state index contributed by atoms with van der Waals surface area (Å²) < 4.78 is 13.1. The van der Waals surface area contributed by atoms with Gasteiger partial charge in [-0.3, -0.25) is 14.4 Å². The van der Waals surface area contributed by atoms with Gasteiger partial charge in [0.05, 0.1) is 0 Å². The number of fused-ring (bicyclic) bond motifs is 1. The van der Waals surface area contributed by atoms with Crippen LogP contribution in [0.15, 0.2) is 54.6 Å². The molecule has 3 amide bonds. The van der Waals surface area contributed by atoms with Crippen molar-refractivity contribution in [2.45, 2.75) is 43.5 Å². The molecule has 8 heteroatoms. The molecule has 2 heterocycles. The van der Waals surface area contributed by atoms with Crippen LogP contribution in [0, 0.1) is 5.82 Å². The first-order valence-corrected chi connectivity index (χ1v) is 10.3. The number of nitrogens with one attached hydrogen (secondary N) is 2. The summed E-state index contributed by atoms with van der Waals surface area (Å²) in [6.45, 7) is 0.337. The standard InChI is InChI=1S/C23H24FN3O4/c24-16-8-6-14(7-9-16)12-18-23(31)27-11-10-17(13-19(27)21(29)26-18)25-22(30)20(28)15-4-2-1-3-5-15/h1-9,17-20,28H,10-13H2,(H,25,30)(H,26,29)/t17-,18+,19+,20+/m1/s1. The molecule has 0 aromatic heterocycles. The number of piperidine rings is 1. The molecule has 0 spiro atoms. The smallest absolute Gasteiger partial charge is 0.253 e. The average molecular weight is 425 g/mol. The predicted octanol–water partition coefficient (Wildman–Crippen LogP) is 1.08. The minimum Gasteiger partial charge on any atom is -0.378 e. The Morgan fingerprint density at radius 1 is 1.16 bits per heavy atom. The molecule has 2 aromatic carbocycles. The summed E-state index contributed by atoms with van der Waals surface area (Å²) in [4.78, 5) is 39.6. The summed E-state index contributed by atoms with van der Waals surface area (Å²) >= 11 is 0. The lowest BCUT2D eigenvalue weighted by atomic mass is 9.91. The number of aliphatic hydroxyl groups is 1. The molecule has 4 rings (SSSR count). The van der Waals surface area contributed by atoms with E-state index in [1.165, 1.54) is 12.1 Å². The van der Waals surface area contributed by atoms with Gasteiger partial charge in [0.1, 0.15) is 17.9 Å². The molecule has 31 heavy (non-hydrogen) atoms. The van der Waals surface area contributed by atoms with Gasteiger partial charge < -0.3 is 20.6 Å². The Kier molecular flexibility index (Phi) is 5.99. The maximum Gasteiger partial charge on any atom is 0.253 e. The van der Waals surface area contributed by atoms with Crippen LogP contribution in [0.4, 0.5) is 4.39 Å². The predicted molar refractivity (Wildman–Crippen MR) is 110 cm³/mol. The van der Waals surface area contributed by atoms with Crippen molar-refractivity contribution in [1.82, 2.24) is 15.5 Å². The van der Waals surface area contributed by atoms with Gasteiger partial charge in [0.25, 0.3) is 5.91 Å². The first-order chi connectivity index (χ1) is 14.9. The molecule has 0 saturated carbocycles. The molecular formula is C23H24FN3O4. The zero-order chi connectivity index (χ0) is 22.0. The number of hydrogen-bond donors (Lipinski definition) is 3. The van der Waals surface area contributed by atoms with Gasteiger partial charge in [-0.2, -0.15) is 0 Å². The van der Waals surface area contributed by atoms with Gasteiger partial charge in [0.15, 0.2) is 6.10 Å². The second-order valence-electron chi connectivity index (χ2n) is 7.98. The number of piperazine rings is 1. The third-order valence-electron chi connectivity index (χ3n) is 5.87. The summed E-state index contributed by atoms with van der Waals surface area (Å²) in [6.07, 6.45) is -0.224. The SMILES string of the molecule is O=C(N[C@@H]1CCN2C(=O)[C@H](Cc3ccc(F)cc3)NC(=O)[C@@H]2C1)[C@@H](O)c1ccccc1. The van der Waals surface area contributed by atoms with Crippen LogP contribution in [0.25, 0.3) is 0 Å². The number of nitrogens with zero attached hydrogens (tertiary/aromatic N) is 1. The quantitative estimate of drug-likeness (QED) is 0.668. The van der Waals surface area contributed by atoms with E-state index < -0.39 is 24.1 Å². The molecule has 162 valence electrons. The van der Waals surface area contributed by atoms with Gasteiger partial charge in [0, 0.05) is 19.0 Å². The molecule has 2 aliphatic heterocycles. The van der Waals surface area contributed by atoms with Gasteiger partial charge in [0.2, 0.25) is 11.8 Å². The first kappa shape index (κ1) is 21.0. The van der Waals surface area contributed by atoms with E-state index >= 15 is 0 Å². The highest BCUT2D eigenvalue weighted by Gasteiger charge is 2.44. The highest BCUT2D eigenvalue weighted by molar-refractivity contribution is 5.97. The van der Waals surface area contributed by atoms with Crippen LogP contribution in [-0.2, 0) is 20.8 Å². The fourth-order valence-electron chi connectivity index (χ4n) is 4.20. The lowest BCUT2D eigenvalue weighted by Crippen LogP contribution is -2.67. The van der Waals surface area contributed by atoms with Crippen LogP contribution in [0.3, 0.4) is 0 Å². The maximum atomic E-state index is 13.1. The monoisotopic (exact) mass is 425 g/mol. The Balaban J connectivity index is 1.37. The summed E-state index contributed by atoms with van der Waals surface area (Å²) in [6, 6.07) is 12.8. The van der Waals surface area contributed by atoms with Gasteiger partial charge in [-0.25, -0.2) is 4.39 Å². The number of benzene rings is 2. The molecular weight excluding hydrogens is 401 g/mol. The summed E-state index contributed by atoms with van der Waals surface area (Å²) in [7, 11) is 0. The Hall–Kier alpha value is -3.26. The number of carbonyl (C=O) groups is 3. The fraction of sp³-hybridized carbons (Fsp3) is 0.348. The zero-order valence-electron chi connectivity index (χ0n) is 16.8. The third-order valence-corrected chi connectivity index (χ3v) is 5.87.